The van der Waals surface area contributed by atoms with E-state index in [9.17, 15) is 19.2 Å². The SMILES string of the molecule is COC(=O)[C@H](Cc1ccc(NC(=O)c2c(Cl)cccc2Cl)cc1)NC(=O)[C@@H]1CSCN1C(=O)OC(C)(C)C. The van der Waals surface area contributed by atoms with E-state index in [1.807, 2.05) is 0 Å². The minimum atomic E-state index is -0.985. The van der Waals surface area contributed by atoms with E-state index < -0.39 is 41.6 Å². The monoisotopic (exact) mass is 581 g/mol. The molecule has 0 radical (unpaired) electrons. The summed E-state index contributed by atoms with van der Waals surface area (Å²) in [5, 5.41) is 5.91. The van der Waals surface area contributed by atoms with Crippen LogP contribution >= 0.6 is 35.0 Å². The molecule has 3 amide bonds. The molecule has 0 unspecified atom stereocenters. The van der Waals surface area contributed by atoms with Crippen molar-refractivity contribution in [2.75, 3.05) is 24.1 Å². The van der Waals surface area contributed by atoms with Crippen LogP contribution < -0.4 is 10.6 Å². The van der Waals surface area contributed by atoms with E-state index in [-0.39, 0.29) is 22.0 Å². The van der Waals surface area contributed by atoms with Gasteiger partial charge in [0, 0.05) is 17.9 Å². The lowest BCUT2D eigenvalue weighted by atomic mass is 10.0. The van der Waals surface area contributed by atoms with Gasteiger partial charge in [-0.25, -0.2) is 9.59 Å². The molecule has 2 aromatic carbocycles. The van der Waals surface area contributed by atoms with Crippen LogP contribution in [0.3, 0.4) is 0 Å². The Kier molecular flexibility index (Phi) is 9.92. The Morgan fingerprint density at radius 3 is 2.29 bits per heavy atom. The normalized spacial score (nSPS) is 15.9. The van der Waals surface area contributed by atoms with Crippen molar-refractivity contribution in [3.63, 3.8) is 0 Å². The maximum atomic E-state index is 13.1. The van der Waals surface area contributed by atoms with E-state index in [4.69, 9.17) is 32.7 Å². The fraction of sp³-hybridized carbons (Fsp3) is 0.385. The van der Waals surface area contributed by atoms with Crippen molar-refractivity contribution in [3.8, 4) is 0 Å². The van der Waals surface area contributed by atoms with E-state index >= 15 is 0 Å². The van der Waals surface area contributed by atoms with Gasteiger partial charge in [-0.1, -0.05) is 41.4 Å². The number of carbonyl (C=O) groups is 4. The van der Waals surface area contributed by atoms with Gasteiger partial charge >= 0.3 is 12.1 Å². The van der Waals surface area contributed by atoms with Crippen molar-refractivity contribution in [2.45, 2.75) is 44.9 Å². The van der Waals surface area contributed by atoms with Gasteiger partial charge in [-0.2, -0.15) is 0 Å². The number of amides is 3. The number of thioether (sulfide) groups is 1. The largest absolute Gasteiger partial charge is 0.467 e. The number of nitrogens with one attached hydrogen (secondary N) is 2. The molecule has 0 aliphatic carbocycles. The summed E-state index contributed by atoms with van der Waals surface area (Å²) in [6.07, 6.45) is -0.456. The highest BCUT2D eigenvalue weighted by Gasteiger charge is 2.38. The maximum Gasteiger partial charge on any atom is 0.411 e. The Hall–Kier alpha value is -2.95. The second-order valence-corrected chi connectivity index (χ2v) is 11.3. The van der Waals surface area contributed by atoms with Crippen LogP contribution in [0.5, 0.6) is 0 Å². The van der Waals surface area contributed by atoms with Gasteiger partial charge in [0.15, 0.2) is 0 Å². The average molecular weight is 583 g/mol. The third-order valence-electron chi connectivity index (χ3n) is 5.46. The standard InChI is InChI=1S/C26H29Cl2N3O6S/c1-26(2,3)37-25(35)31-14-38-13-20(31)22(32)30-19(24(34)36-4)12-15-8-10-16(11-9-15)29-23(33)21-17(27)6-5-7-18(21)28/h5-11,19-20H,12-14H2,1-4H3,(H,29,33)(H,30,32)/t19-,20-/m0/s1. The average Bonchev–Trinajstić information content (AvgIpc) is 3.33. The van der Waals surface area contributed by atoms with Crippen LogP contribution in [0, 0.1) is 0 Å². The fourth-order valence-electron chi connectivity index (χ4n) is 3.63. The second kappa shape index (κ2) is 12.7. The van der Waals surface area contributed by atoms with Crippen LogP contribution in [0.2, 0.25) is 10.0 Å². The number of nitrogens with zero attached hydrogens (tertiary/aromatic N) is 1. The van der Waals surface area contributed by atoms with E-state index in [1.165, 1.54) is 23.8 Å². The molecule has 1 aliphatic rings. The van der Waals surface area contributed by atoms with Gasteiger partial charge < -0.3 is 20.1 Å². The first-order valence-corrected chi connectivity index (χ1v) is 13.6. The van der Waals surface area contributed by atoms with Crippen LogP contribution in [0.25, 0.3) is 0 Å². The summed E-state index contributed by atoms with van der Waals surface area (Å²) in [6, 6.07) is 9.77. The Morgan fingerprint density at radius 2 is 1.71 bits per heavy atom. The van der Waals surface area contributed by atoms with E-state index in [0.717, 1.165) is 0 Å². The number of ether oxygens (including phenoxy) is 2. The van der Waals surface area contributed by atoms with Crippen molar-refractivity contribution in [1.82, 2.24) is 10.2 Å². The van der Waals surface area contributed by atoms with Crippen LogP contribution in [0.15, 0.2) is 42.5 Å². The minimum absolute atomic E-state index is 0.134. The predicted octanol–water partition coefficient (Wildman–Crippen LogP) is 4.76. The van der Waals surface area contributed by atoms with Gasteiger partial charge in [0.25, 0.3) is 5.91 Å². The summed E-state index contributed by atoms with van der Waals surface area (Å²) >= 11 is 13.6. The minimum Gasteiger partial charge on any atom is -0.467 e. The molecule has 12 heteroatoms. The lowest BCUT2D eigenvalue weighted by Gasteiger charge is -2.28. The molecule has 0 bridgehead atoms. The molecule has 1 heterocycles. The smallest absolute Gasteiger partial charge is 0.411 e. The maximum absolute atomic E-state index is 13.1. The summed E-state index contributed by atoms with van der Waals surface area (Å²) in [5.41, 5.74) is 0.660. The van der Waals surface area contributed by atoms with E-state index in [0.29, 0.717) is 22.9 Å². The molecule has 9 nitrogen and oxygen atoms in total. The number of carbonyl (C=O) groups excluding carboxylic acids is 4. The molecule has 2 atom stereocenters. The third-order valence-corrected chi connectivity index (χ3v) is 7.10. The summed E-state index contributed by atoms with van der Waals surface area (Å²) in [5.74, 6) is -0.877. The van der Waals surface area contributed by atoms with Crippen LogP contribution in [0.1, 0.15) is 36.7 Å². The molecule has 204 valence electrons. The summed E-state index contributed by atoms with van der Waals surface area (Å²) in [4.78, 5) is 52.1. The molecule has 0 saturated carbocycles. The highest BCUT2D eigenvalue weighted by atomic mass is 35.5. The Balaban J connectivity index is 1.66. The van der Waals surface area contributed by atoms with Crippen molar-refractivity contribution in [3.05, 3.63) is 63.6 Å². The highest BCUT2D eigenvalue weighted by molar-refractivity contribution is 7.99. The number of methoxy groups -OCH3 is 1. The number of benzene rings is 2. The molecule has 38 heavy (non-hydrogen) atoms. The molecule has 2 aromatic rings. The first kappa shape index (κ1) is 29.6. The van der Waals surface area contributed by atoms with Crippen molar-refractivity contribution < 1.29 is 28.7 Å². The Labute approximate surface area is 235 Å². The van der Waals surface area contributed by atoms with Crippen molar-refractivity contribution >= 4 is 64.5 Å². The number of halogens is 2. The van der Waals surface area contributed by atoms with Crippen LogP contribution in [0.4, 0.5) is 10.5 Å². The first-order valence-electron chi connectivity index (χ1n) is 11.7. The molecule has 1 fully saturated rings. The third kappa shape index (κ3) is 7.78. The molecule has 2 N–H and O–H groups in total. The Bertz CT molecular complexity index is 1180. The fourth-order valence-corrected chi connectivity index (χ4v) is 5.34. The molecular formula is C26H29Cl2N3O6S. The van der Waals surface area contributed by atoms with Gasteiger partial charge in [0.1, 0.15) is 17.7 Å². The van der Waals surface area contributed by atoms with E-state index in [1.54, 1.807) is 63.2 Å². The van der Waals surface area contributed by atoms with Gasteiger partial charge in [-0.15, -0.1) is 11.8 Å². The number of rotatable bonds is 7. The first-order chi connectivity index (χ1) is 17.9. The topological polar surface area (TPSA) is 114 Å². The summed E-state index contributed by atoms with van der Waals surface area (Å²) < 4.78 is 10.3. The van der Waals surface area contributed by atoms with Crippen LogP contribution in [-0.4, -0.2) is 65.2 Å². The number of esters is 1. The number of hydrogen-bond acceptors (Lipinski definition) is 7. The lowest BCUT2D eigenvalue weighted by Crippen LogP contribution is -2.53. The van der Waals surface area contributed by atoms with Gasteiger partial charge in [-0.3, -0.25) is 14.5 Å². The second-order valence-electron chi connectivity index (χ2n) is 9.50. The van der Waals surface area contributed by atoms with Gasteiger partial charge in [-0.05, 0) is 50.6 Å². The molecule has 1 aliphatic heterocycles. The number of hydrogen-bond donors (Lipinski definition) is 2. The summed E-state index contributed by atoms with van der Waals surface area (Å²) in [7, 11) is 1.23. The van der Waals surface area contributed by atoms with Gasteiger partial charge in [0.2, 0.25) is 5.91 Å². The van der Waals surface area contributed by atoms with Crippen molar-refractivity contribution in [2.24, 2.45) is 0 Å². The van der Waals surface area contributed by atoms with Crippen LogP contribution in [-0.2, 0) is 25.5 Å². The molecule has 1 saturated heterocycles. The van der Waals surface area contributed by atoms with Gasteiger partial charge in [0.05, 0.1) is 28.6 Å². The molecule has 3 rings (SSSR count). The molecular weight excluding hydrogens is 553 g/mol. The zero-order chi connectivity index (χ0) is 28.0. The Morgan fingerprint density at radius 1 is 1.08 bits per heavy atom. The lowest BCUT2D eigenvalue weighted by molar-refractivity contribution is -0.145. The zero-order valence-corrected chi connectivity index (χ0v) is 23.7. The quantitative estimate of drug-likeness (QED) is 0.453. The highest BCUT2D eigenvalue weighted by Crippen LogP contribution is 2.26. The number of anilines is 1. The predicted molar refractivity (Wildman–Crippen MR) is 148 cm³/mol. The molecule has 0 aromatic heterocycles. The summed E-state index contributed by atoms with van der Waals surface area (Å²) in [6.45, 7) is 5.25. The zero-order valence-electron chi connectivity index (χ0n) is 21.4. The van der Waals surface area contributed by atoms with Crippen molar-refractivity contribution in [1.29, 1.82) is 0 Å². The molecule has 0 spiro atoms. The van der Waals surface area contributed by atoms with E-state index in [2.05, 4.69) is 10.6 Å².